The van der Waals surface area contributed by atoms with E-state index in [1.807, 2.05) is 29.7 Å². The van der Waals surface area contributed by atoms with Gasteiger partial charge in [-0.1, -0.05) is 18.2 Å². The predicted molar refractivity (Wildman–Crippen MR) is 115 cm³/mol. The monoisotopic (exact) mass is 385 g/mol. The first-order valence-electron chi connectivity index (χ1n) is 9.55. The summed E-state index contributed by atoms with van der Waals surface area (Å²) >= 11 is 0. The van der Waals surface area contributed by atoms with Crippen LogP contribution in [0.5, 0.6) is 5.75 Å². The Balaban J connectivity index is 1.75. The van der Waals surface area contributed by atoms with Crippen LogP contribution < -0.4 is 5.32 Å². The van der Waals surface area contributed by atoms with E-state index in [4.69, 9.17) is 4.98 Å². The standard InChI is InChI=1S/C24H23N3O2/c1-15-6-7-18(13-17(15)3)23-21(27-12-4-5-16(2)24(27)26-23)14-22(29)25-19-8-10-20(28)11-9-19/h4-13,28H,14H2,1-3H3,(H,25,29). The summed E-state index contributed by atoms with van der Waals surface area (Å²) in [6.45, 7) is 6.18. The largest absolute Gasteiger partial charge is 0.508 e. The Labute approximate surface area is 169 Å². The average Bonchev–Trinajstić information content (AvgIpc) is 3.06. The molecule has 1 amide bonds. The van der Waals surface area contributed by atoms with Crippen molar-refractivity contribution in [2.45, 2.75) is 27.2 Å². The molecule has 29 heavy (non-hydrogen) atoms. The molecule has 2 aromatic heterocycles. The smallest absolute Gasteiger partial charge is 0.230 e. The van der Waals surface area contributed by atoms with Crippen LogP contribution in [0.1, 0.15) is 22.4 Å². The first-order chi connectivity index (χ1) is 13.9. The number of anilines is 1. The SMILES string of the molecule is Cc1ccc(-c2nc3c(C)cccn3c2CC(=O)Nc2ccc(O)cc2)cc1C. The zero-order valence-corrected chi connectivity index (χ0v) is 16.7. The number of nitrogens with zero attached hydrogens (tertiary/aromatic N) is 2. The van der Waals surface area contributed by atoms with Crippen molar-refractivity contribution in [2.24, 2.45) is 0 Å². The van der Waals surface area contributed by atoms with Crippen molar-refractivity contribution in [3.8, 4) is 17.0 Å². The zero-order chi connectivity index (χ0) is 20.5. The molecule has 5 nitrogen and oxygen atoms in total. The van der Waals surface area contributed by atoms with Gasteiger partial charge in [-0.3, -0.25) is 4.79 Å². The number of carbonyl (C=O) groups excluding carboxylic acids is 1. The first kappa shape index (κ1) is 18.7. The summed E-state index contributed by atoms with van der Waals surface area (Å²) in [7, 11) is 0. The number of carbonyl (C=O) groups is 1. The van der Waals surface area contributed by atoms with E-state index in [9.17, 15) is 9.90 Å². The third-order valence-corrected chi connectivity index (χ3v) is 5.20. The van der Waals surface area contributed by atoms with Gasteiger partial charge in [-0.2, -0.15) is 0 Å². The van der Waals surface area contributed by atoms with Crippen LogP contribution in [0.3, 0.4) is 0 Å². The molecule has 0 spiro atoms. The van der Waals surface area contributed by atoms with Gasteiger partial charge in [0.25, 0.3) is 0 Å². The van der Waals surface area contributed by atoms with Crippen molar-refractivity contribution in [2.75, 3.05) is 5.32 Å². The van der Waals surface area contributed by atoms with Gasteiger partial charge in [0.05, 0.1) is 17.8 Å². The molecule has 0 saturated heterocycles. The summed E-state index contributed by atoms with van der Waals surface area (Å²) in [5.74, 6) is 0.0290. The highest BCUT2D eigenvalue weighted by molar-refractivity contribution is 5.93. The Morgan fingerprint density at radius 1 is 1.00 bits per heavy atom. The van der Waals surface area contributed by atoms with Gasteiger partial charge >= 0.3 is 0 Å². The Morgan fingerprint density at radius 2 is 1.76 bits per heavy atom. The molecule has 0 atom stereocenters. The minimum Gasteiger partial charge on any atom is -0.508 e. The van der Waals surface area contributed by atoms with E-state index < -0.39 is 0 Å². The van der Waals surface area contributed by atoms with E-state index in [1.54, 1.807) is 24.3 Å². The normalized spacial score (nSPS) is 11.0. The summed E-state index contributed by atoms with van der Waals surface area (Å²) in [5, 5.41) is 12.3. The number of phenolic OH excluding ortho intramolecular Hbond substituents is 1. The van der Waals surface area contributed by atoms with Crippen LogP contribution in [0, 0.1) is 20.8 Å². The van der Waals surface area contributed by atoms with Gasteiger partial charge in [0.2, 0.25) is 5.91 Å². The number of pyridine rings is 1. The quantitative estimate of drug-likeness (QED) is 0.495. The second-order valence-corrected chi connectivity index (χ2v) is 7.36. The zero-order valence-electron chi connectivity index (χ0n) is 16.7. The Kier molecular flexibility index (Phi) is 4.80. The van der Waals surface area contributed by atoms with E-state index in [1.165, 1.54) is 11.1 Å². The molecule has 2 aromatic carbocycles. The van der Waals surface area contributed by atoms with Crippen LogP contribution in [0.2, 0.25) is 0 Å². The molecule has 0 bridgehead atoms. The predicted octanol–water partition coefficient (Wildman–Crippen LogP) is 4.81. The Morgan fingerprint density at radius 3 is 2.48 bits per heavy atom. The number of hydrogen-bond donors (Lipinski definition) is 2. The number of nitrogens with one attached hydrogen (secondary N) is 1. The number of rotatable bonds is 4. The van der Waals surface area contributed by atoms with Crippen molar-refractivity contribution in [3.05, 3.63) is 83.2 Å². The van der Waals surface area contributed by atoms with E-state index in [0.717, 1.165) is 28.2 Å². The van der Waals surface area contributed by atoms with E-state index in [2.05, 4.69) is 37.4 Å². The van der Waals surface area contributed by atoms with E-state index in [-0.39, 0.29) is 18.1 Å². The molecular formula is C24H23N3O2. The highest BCUT2D eigenvalue weighted by atomic mass is 16.3. The maximum atomic E-state index is 12.8. The lowest BCUT2D eigenvalue weighted by atomic mass is 10.0. The average molecular weight is 385 g/mol. The number of phenols is 1. The lowest BCUT2D eigenvalue weighted by Gasteiger charge is -2.09. The Bertz CT molecular complexity index is 1210. The molecule has 4 rings (SSSR count). The molecule has 0 aliphatic carbocycles. The van der Waals surface area contributed by atoms with Gasteiger partial charge in [0.15, 0.2) is 0 Å². The molecule has 0 saturated carbocycles. The summed E-state index contributed by atoms with van der Waals surface area (Å²) in [6, 6.07) is 16.7. The highest BCUT2D eigenvalue weighted by Gasteiger charge is 2.18. The van der Waals surface area contributed by atoms with Gasteiger partial charge in [0, 0.05) is 17.4 Å². The molecule has 0 aliphatic heterocycles. The summed E-state index contributed by atoms with van der Waals surface area (Å²) in [6.07, 6.45) is 2.14. The molecule has 4 aromatic rings. The molecule has 146 valence electrons. The number of aromatic nitrogens is 2. The van der Waals surface area contributed by atoms with Crippen molar-refractivity contribution in [1.29, 1.82) is 0 Å². The lowest BCUT2D eigenvalue weighted by molar-refractivity contribution is -0.115. The number of amides is 1. The molecule has 0 aliphatic rings. The van der Waals surface area contributed by atoms with Crippen molar-refractivity contribution in [1.82, 2.24) is 9.38 Å². The summed E-state index contributed by atoms with van der Waals surface area (Å²) in [4.78, 5) is 17.7. The third-order valence-electron chi connectivity index (χ3n) is 5.20. The second kappa shape index (κ2) is 7.43. The second-order valence-electron chi connectivity index (χ2n) is 7.36. The minimum absolute atomic E-state index is 0.135. The topological polar surface area (TPSA) is 66.6 Å². The van der Waals surface area contributed by atoms with Crippen molar-refractivity contribution < 1.29 is 9.90 Å². The number of hydrogen-bond acceptors (Lipinski definition) is 3. The summed E-state index contributed by atoms with van der Waals surface area (Å²) in [5.41, 5.74) is 7.65. The number of aromatic hydroxyl groups is 1. The number of benzene rings is 2. The van der Waals surface area contributed by atoms with Gasteiger partial charge in [-0.05, 0) is 73.9 Å². The summed E-state index contributed by atoms with van der Waals surface area (Å²) < 4.78 is 2.00. The van der Waals surface area contributed by atoms with Gasteiger partial charge in [-0.15, -0.1) is 0 Å². The fraction of sp³-hybridized carbons (Fsp3) is 0.167. The highest BCUT2D eigenvalue weighted by Crippen LogP contribution is 2.28. The van der Waals surface area contributed by atoms with Crippen LogP contribution in [0.4, 0.5) is 5.69 Å². The third kappa shape index (κ3) is 3.72. The number of fused-ring (bicyclic) bond motifs is 1. The van der Waals surface area contributed by atoms with Crippen molar-refractivity contribution >= 4 is 17.2 Å². The van der Waals surface area contributed by atoms with E-state index >= 15 is 0 Å². The van der Waals surface area contributed by atoms with Crippen LogP contribution >= 0.6 is 0 Å². The van der Waals surface area contributed by atoms with Gasteiger partial charge < -0.3 is 14.8 Å². The van der Waals surface area contributed by atoms with Crippen LogP contribution in [-0.2, 0) is 11.2 Å². The van der Waals surface area contributed by atoms with Crippen LogP contribution in [0.15, 0.2) is 60.8 Å². The van der Waals surface area contributed by atoms with Gasteiger partial charge in [0.1, 0.15) is 11.4 Å². The van der Waals surface area contributed by atoms with E-state index in [0.29, 0.717) is 5.69 Å². The fourth-order valence-electron chi connectivity index (χ4n) is 3.44. The number of imidazole rings is 1. The molecular weight excluding hydrogens is 362 g/mol. The molecule has 2 N–H and O–H groups in total. The van der Waals surface area contributed by atoms with Crippen molar-refractivity contribution in [3.63, 3.8) is 0 Å². The molecule has 2 heterocycles. The van der Waals surface area contributed by atoms with Crippen LogP contribution in [-0.4, -0.2) is 20.4 Å². The molecule has 0 fully saturated rings. The molecule has 5 heteroatoms. The first-order valence-corrected chi connectivity index (χ1v) is 9.55. The maximum absolute atomic E-state index is 12.8. The fourth-order valence-corrected chi connectivity index (χ4v) is 3.44. The molecule has 0 unspecified atom stereocenters. The minimum atomic E-state index is -0.135. The maximum Gasteiger partial charge on any atom is 0.230 e. The lowest BCUT2D eigenvalue weighted by Crippen LogP contribution is -2.16. The van der Waals surface area contributed by atoms with Gasteiger partial charge in [-0.25, -0.2) is 4.98 Å². The Hall–Kier alpha value is -3.60. The number of aryl methyl sites for hydroxylation is 3. The van der Waals surface area contributed by atoms with Crippen LogP contribution in [0.25, 0.3) is 16.9 Å². The molecule has 0 radical (unpaired) electrons.